The number of benzene rings is 1. The van der Waals surface area contributed by atoms with Crippen molar-refractivity contribution in [2.75, 3.05) is 32.9 Å². The molecule has 2 amide bonds. The SMILES string of the molecule is CN(Cc1ccc([S@](C)=O)cc1)C(=O)NC[C@H]1CCN(C2CC2)C1. The number of hydrogen-bond acceptors (Lipinski definition) is 3. The Kier molecular flexibility index (Phi) is 5.56. The van der Waals surface area contributed by atoms with Crippen molar-refractivity contribution in [1.82, 2.24) is 15.1 Å². The first-order valence-electron chi connectivity index (χ1n) is 8.68. The highest BCUT2D eigenvalue weighted by molar-refractivity contribution is 7.84. The fourth-order valence-electron chi connectivity index (χ4n) is 3.30. The van der Waals surface area contributed by atoms with Gasteiger partial charge in [0.25, 0.3) is 0 Å². The van der Waals surface area contributed by atoms with E-state index in [9.17, 15) is 9.00 Å². The Bertz CT molecular complexity index is 601. The number of rotatable bonds is 6. The summed E-state index contributed by atoms with van der Waals surface area (Å²) in [5, 5.41) is 3.07. The first-order valence-corrected chi connectivity index (χ1v) is 10.2. The molecule has 3 rings (SSSR count). The third-order valence-corrected chi connectivity index (χ3v) is 5.88. The van der Waals surface area contributed by atoms with Crippen LogP contribution in [0.1, 0.15) is 24.8 Å². The van der Waals surface area contributed by atoms with Gasteiger partial charge in [-0.3, -0.25) is 4.21 Å². The Hall–Kier alpha value is -1.40. The second kappa shape index (κ2) is 7.66. The van der Waals surface area contributed by atoms with Gasteiger partial charge < -0.3 is 15.1 Å². The van der Waals surface area contributed by atoms with Gasteiger partial charge in [0.1, 0.15) is 0 Å². The van der Waals surface area contributed by atoms with Gasteiger partial charge in [-0.2, -0.15) is 0 Å². The predicted molar refractivity (Wildman–Crippen MR) is 96.3 cm³/mol. The Balaban J connectivity index is 1.42. The van der Waals surface area contributed by atoms with Crippen molar-refractivity contribution in [3.05, 3.63) is 29.8 Å². The smallest absolute Gasteiger partial charge is 0.317 e. The van der Waals surface area contributed by atoms with E-state index in [1.807, 2.05) is 31.3 Å². The van der Waals surface area contributed by atoms with Crippen molar-refractivity contribution < 1.29 is 9.00 Å². The molecule has 6 heteroatoms. The Morgan fingerprint density at radius 3 is 2.62 bits per heavy atom. The summed E-state index contributed by atoms with van der Waals surface area (Å²) < 4.78 is 11.4. The van der Waals surface area contributed by atoms with Crippen LogP contribution in [0.15, 0.2) is 29.2 Å². The number of carbonyl (C=O) groups excluding carboxylic acids is 1. The summed E-state index contributed by atoms with van der Waals surface area (Å²) in [5.74, 6) is 0.585. The Morgan fingerprint density at radius 1 is 1.29 bits per heavy atom. The van der Waals surface area contributed by atoms with Crippen molar-refractivity contribution in [2.45, 2.75) is 36.7 Å². The maximum atomic E-state index is 12.3. The van der Waals surface area contributed by atoms with Crippen LogP contribution in [0.25, 0.3) is 0 Å². The van der Waals surface area contributed by atoms with Crippen LogP contribution in [-0.4, -0.2) is 59.0 Å². The molecule has 0 unspecified atom stereocenters. The first-order chi connectivity index (χ1) is 11.5. The molecule has 0 spiro atoms. The normalized spacial score (nSPS) is 22.3. The number of carbonyl (C=O) groups is 1. The topological polar surface area (TPSA) is 52.7 Å². The number of nitrogens with one attached hydrogen (secondary N) is 1. The van der Waals surface area contributed by atoms with Gasteiger partial charge in [-0.1, -0.05) is 12.1 Å². The molecule has 1 N–H and O–H groups in total. The summed E-state index contributed by atoms with van der Waals surface area (Å²) in [6, 6.07) is 8.40. The van der Waals surface area contributed by atoms with E-state index in [0.29, 0.717) is 12.5 Å². The second-order valence-electron chi connectivity index (χ2n) is 7.02. The highest BCUT2D eigenvalue weighted by Gasteiger charge is 2.34. The average molecular weight is 350 g/mol. The third-order valence-electron chi connectivity index (χ3n) is 4.94. The molecule has 0 aromatic heterocycles. The molecule has 2 fully saturated rings. The monoisotopic (exact) mass is 349 g/mol. The number of urea groups is 1. The van der Waals surface area contributed by atoms with Crippen LogP contribution in [0.4, 0.5) is 4.79 Å². The Labute approximate surface area is 146 Å². The lowest BCUT2D eigenvalue weighted by molar-refractivity contribution is 0.204. The highest BCUT2D eigenvalue weighted by atomic mass is 32.2. The summed E-state index contributed by atoms with van der Waals surface area (Å²) in [7, 11) is 0.850. The summed E-state index contributed by atoms with van der Waals surface area (Å²) in [5.41, 5.74) is 1.04. The maximum absolute atomic E-state index is 12.3. The summed E-state index contributed by atoms with van der Waals surface area (Å²) in [6.45, 7) is 3.64. The molecule has 132 valence electrons. The fraction of sp³-hybridized carbons (Fsp3) is 0.611. The molecular weight excluding hydrogens is 322 g/mol. The summed E-state index contributed by atoms with van der Waals surface area (Å²) in [6.07, 6.45) is 5.57. The molecule has 1 aromatic rings. The lowest BCUT2D eigenvalue weighted by Crippen LogP contribution is -2.39. The average Bonchev–Trinajstić information content (AvgIpc) is 3.31. The molecule has 0 bridgehead atoms. The molecule has 1 saturated heterocycles. The molecule has 2 atom stereocenters. The van der Waals surface area contributed by atoms with Gasteiger partial charge in [0.05, 0.1) is 0 Å². The largest absolute Gasteiger partial charge is 0.338 e. The highest BCUT2D eigenvalue weighted by Crippen LogP contribution is 2.31. The van der Waals surface area contributed by atoms with E-state index in [1.165, 1.54) is 25.8 Å². The van der Waals surface area contributed by atoms with E-state index in [-0.39, 0.29) is 6.03 Å². The molecule has 24 heavy (non-hydrogen) atoms. The maximum Gasteiger partial charge on any atom is 0.317 e. The standard InChI is InChI=1S/C18H27N3O2S/c1-20(12-14-3-7-17(8-4-14)24(2)23)18(22)19-11-15-9-10-21(13-15)16-5-6-16/h3-4,7-8,15-16H,5-6,9-13H2,1-2H3,(H,19,22)/t15-,24+/m1/s1. The molecule has 1 aliphatic heterocycles. The zero-order valence-corrected chi connectivity index (χ0v) is 15.3. The molecule has 5 nitrogen and oxygen atoms in total. The van der Waals surface area contributed by atoms with Gasteiger partial charge in [-0.05, 0) is 49.4 Å². The minimum absolute atomic E-state index is 0.0250. The van der Waals surface area contributed by atoms with Crippen LogP contribution in [0.5, 0.6) is 0 Å². The van der Waals surface area contributed by atoms with Gasteiger partial charge in [-0.15, -0.1) is 0 Å². The minimum atomic E-state index is -0.962. The fourth-order valence-corrected chi connectivity index (χ4v) is 3.82. The van der Waals surface area contributed by atoms with Crippen LogP contribution in [0.2, 0.25) is 0 Å². The van der Waals surface area contributed by atoms with E-state index >= 15 is 0 Å². The van der Waals surface area contributed by atoms with E-state index in [0.717, 1.165) is 29.6 Å². The van der Waals surface area contributed by atoms with E-state index in [1.54, 1.807) is 11.2 Å². The van der Waals surface area contributed by atoms with Crippen LogP contribution in [0, 0.1) is 5.92 Å². The number of likely N-dealkylation sites (tertiary alicyclic amines) is 1. The van der Waals surface area contributed by atoms with Crippen LogP contribution < -0.4 is 5.32 Å². The van der Waals surface area contributed by atoms with E-state index in [4.69, 9.17) is 0 Å². The third kappa shape index (κ3) is 4.57. The van der Waals surface area contributed by atoms with Gasteiger partial charge in [0.15, 0.2) is 0 Å². The van der Waals surface area contributed by atoms with Gasteiger partial charge in [0, 0.05) is 54.7 Å². The van der Waals surface area contributed by atoms with Gasteiger partial charge >= 0.3 is 6.03 Å². The van der Waals surface area contributed by atoms with Crippen molar-refractivity contribution in [1.29, 1.82) is 0 Å². The molecular formula is C18H27N3O2S. The lowest BCUT2D eigenvalue weighted by atomic mass is 10.1. The second-order valence-corrected chi connectivity index (χ2v) is 8.40. The van der Waals surface area contributed by atoms with Crippen LogP contribution >= 0.6 is 0 Å². The molecule has 2 aliphatic rings. The summed E-state index contributed by atoms with van der Waals surface area (Å²) in [4.78, 5) is 17.3. The minimum Gasteiger partial charge on any atom is -0.338 e. The van der Waals surface area contributed by atoms with E-state index < -0.39 is 10.8 Å². The number of hydrogen-bond donors (Lipinski definition) is 1. The zero-order valence-electron chi connectivity index (χ0n) is 14.5. The van der Waals surface area contributed by atoms with Crippen molar-refractivity contribution in [3.8, 4) is 0 Å². The quantitative estimate of drug-likeness (QED) is 0.855. The van der Waals surface area contributed by atoms with Gasteiger partial charge in [0.2, 0.25) is 0 Å². The molecule has 1 saturated carbocycles. The van der Waals surface area contributed by atoms with Crippen LogP contribution in [0.3, 0.4) is 0 Å². The number of amides is 2. The molecule has 1 aliphatic carbocycles. The van der Waals surface area contributed by atoms with Crippen molar-refractivity contribution in [3.63, 3.8) is 0 Å². The van der Waals surface area contributed by atoms with Crippen LogP contribution in [-0.2, 0) is 17.3 Å². The molecule has 1 heterocycles. The first kappa shape index (κ1) is 17.4. The van der Waals surface area contributed by atoms with E-state index in [2.05, 4.69) is 10.2 Å². The van der Waals surface area contributed by atoms with Crippen molar-refractivity contribution >= 4 is 16.8 Å². The van der Waals surface area contributed by atoms with Gasteiger partial charge in [-0.25, -0.2) is 4.79 Å². The predicted octanol–water partition coefficient (Wildman–Crippen LogP) is 2.05. The lowest BCUT2D eigenvalue weighted by Gasteiger charge is -2.20. The zero-order chi connectivity index (χ0) is 17.1. The summed E-state index contributed by atoms with van der Waals surface area (Å²) >= 11 is 0. The molecule has 0 radical (unpaired) electrons. The Morgan fingerprint density at radius 2 is 2.00 bits per heavy atom. The molecule has 1 aromatic carbocycles. The number of nitrogens with zero attached hydrogens (tertiary/aromatic N) is 2. The van der Waals surface area contributed by atoms with Crippen molar-refractivity contribution in [2.24, 2.45) is 5.92 Å².